The van der Waals surface area contributed by atoms with Gasteiger partial charge in [0.05, 0.1) is 10.7 Å². The zero-order valence-electron chi connectivity index (χ0n) is 8.50. The molecule has 13 heavy (non-hydrogen) atoms. The standard InChI is InChI=1S/C10H16N2S/c1-7(2)12-5-4-10-9(6-12)11-8(3)13-10/h7H,4-6H2,1-3H3. The maximum atomic E-state index is 4.56. The molecule has 0 amide bonds. The van der Waals surface area contributed by atoms with Crippen LogP contribution >= 0.6 is 11.3 Å². The molecule has 3 heteroatoms. The SMILES string of the molecule is Cc1nc2c(s1)CCN(C(C)C)C2. The van der Waals surface area contributed by atoms with Gasteiger partial charge in [0.1, 0.15) is 0 Å². The predicted molar refractivity (Wildman–Crippen MR) is 56.1 cm³/mol. The van der Waals surface area contributed by atoms with E-state index >= 15 is 0 Å². The molecule has 2 heterocycles. The predicted octanol–water partition coefficient (Wildman–Crippen LogP) is 2.22. The molecule has 1 aromatic heterocycles. The van der Waals surface area contributed by atoms with E-state index in [1.807, 2.05) is 11.3 Å². The van der Waals surface area contributed by atoms with E-state index in [4.69, 9.17) is 0 Å². The lowest BCUT2D eigenvalue weighted by molar-refractivity contribution is 0.202. The fraction of sp³-hybridized carbons (Fsp3) is 0.700. The van der Waals surface area contributed by atoms with E-state index in [9.17, 15) is 0 Å². The summed E-state index contributed by atoms with van der Waals surface area (Å²) in [6, 6.07) is 0.648. The van der Waals surface area contributed by atoms with Gasteiger partial charge in [0.25, 0.3) is 0 Å². The molecule has 0 aliphatic carbocycles. The second kappa shape index (κ2) is 3.39. The molecule has 0 saturated heterocycles. The highest BCUT2D eigenvalue weighted by Gasteiger charge is 2.20. The first kappa shape index (κ1) is 9.16. The molecule has 1 aromatic rings. The average molecular weight is 196 g/mol. The molecular weight excluding hydrogens is 180 g/mol. The fourth-order valence-electron chi connectivity index (χ4n) is 1.79. The normalized spacial score (nSPS) is 17.8. The highest BCUT2D eigenvalue weighted by atomic mass is 32.1. The number of hydrogen-bond donors (Lipinski definition) is 0. The van der Waals surface area contributed by atoms with Gasteiger partial charge in [-0.25, -0.2) is 4.98 Å². The Morgan fingerprint density at radius 2 is 2.23 bits per heavy atom. The summed E-state index contributed by atoms with van der Waals surface area (Å²) in [6.07, 6.45) is 1.19. The van der Waals surface area contributed by atoms with Gasteiger partial charge in [-0.15, -0.1) is 11.3 Å². The Morgan fingerprint density at radius 3 is 2.92 bits per heavy atom. The number of fused-ring (bicyclic) bond motifs is 1. The summed E-state index contributed by atoms with van der Waals surface area (Å²) in [7, 11) is 0. The maximum Gasteiger partial charge on any atom is 0.0900 e. The van der Waals surface area contributed by atoms with Crippen molar-refractivity contribution in [3.63, 3.8) is 0 Å². The quantitative estimate of drug-likeness (QED) is 0.684. The second-order valence-corrected chi connectivity index (χ2v) is 5.20. The Labute approximate surface area is 83.6 Å². The molecule has 0 spiro atoms. The number of thiazole rings is 1. The molecule has 72 valence electrons. The Kier molecular flexibility index (Phi) is 2.39. The second-order valence-electron chi connectivity index (χ2n) is 3.92. The minimum Gasteiger partial charge on any atom is -0.295 e. The zero-order valence-corrected chi connectivity index (χ0v) is 9.32. The van der Waals surface area contributed by atoms with E-state index in [-0.39, 0.29) is 0 Å². The first-order chi connectivity index (χ1) is 6.16. The molecule has 0 radical (unpaired) electrons. The van der Waals surface area contributed by atoms with Crippen molar-refractivity contribution in [2.75, 3.05) is 6.54 Å². The maximum absolute atomic E-state index is 4.56. The molecule has 0 aromatic carbocycles. The van der Waals surface area contributed by atoms with E-state index in [0.717, 1.165) is 6.54 Å². The first-order valence-corrected chi connectivity index (χ1v) is 5.67. The van der Waals surface area contributed by atoms with Crippen molar-refractivity contribution in [2.45, 2.75) is 39.8 Å². The fourth-order valence-corrected chi connectivity index (χ4v) is 2.72. The van der Waals surface area contributed by atoms with Crippen LogP contribution < -0.4 is 0 Å². The molecule has 2 rings (SSSR count). The number of aromatic nitrogens is 1. The Morgan fingerprint density at radius 1 is 1.46 bits per heavy atom. The summed E-state index contributed by atoms with van der Waals surface area (Å²) in [5, 5.41) is 1.22. The lowest BCUT2D eigenvalue weighted by Crippen LogP contribution is -2.35. The van der Waals surface area contributed by atoms with Gasteiger partial charge in [-0.2, -0.15) is 0 Å². The van der Waals surface area contributed by atoms with Crippen LogP contribution in [-0.2, 0) is 13.0 Å². The van der Waals surface area contributed by atoms with Crippen molar-refractivity contribution in [1.29, 1.82) is 0 Å². The van der Waals surface area contributed by atoms with Crippen LogP contribution in [-0.4, -0.2) is 22.5 Å². The van der Waals surface area contributed by atoms with Crippen molar-refractivity contribution >= 4 is 11.3 Å². The molecule has 1 aliphatic rings. The molecule has 0 atom stereocenters. The highest BCUT2D eigenvalue weighted by Crippen LogP contribution is 2.25. The smallest absolute Gasteiger partial charge is 0.0900 e. The Bertz CT molecular complexity index is 304. The van der Waals surface area contributed by atoms with Crippen molar-refractivity contribution in [1.82, 2.24) is 9.88 Å². The Balaban J connectivity index is 2.19. The molecule has 0 bridgehead atoms. The van der Waals surface area contributed by atoms with E-state index in [0.29, 0.717) is 6.04 Å². The minimum atomic E-state index is 0.648. The van der Waals surface area contributed by atoms with Crippen LogP contribution in [0.1, 0.15) is 29.4 Å². The monoisotopic (exact) mass is 196 g/mol. The minimum absolute atomic E-state index is 0.648. The molecule has 0 saturated carbocycles. The zero-order chi connectivity index (χ0) is 9.42. The van der Waals surface area contributed by atoms with Crippen LogP contribution in [0.5, 0.6) is 0 Å². The summed E-state index contributed by atoms with van der Waals surface area (Å²) in [5.41, 5.74) is 1.32. The van der Waals surface area contributed by atoms with E-state index < -0.39 is 0 Å². The van der Waals surface area contributed by atoms with E-state index in [1.165, 1.54) is 28.5 Å². The number of hydrogen-bond acceptors (Lipinski definition) is 3. The van der Waals surface area contributed by atoms with Gasteiger partial charge in [0.2, 0.25) is 0 Å². The van der Waals surface area contributed by atoms with Crippen molar-refractivity contribution in [2.24, 2.45) is 0 Å². The number of aryl methyl sites for hydroxylation is 1. The number of nitrogens with zero attached hydrogens (tertiary/aromatic N) is 2. The van der Waals surface area contributed by atoms with Crippen molar-refractivity contribution in [3.8, 4) is 0 Å². The summed E-state index contributed by atoms with van der Waals surface area (Å²) in [6.45, 7) is 8.86. The summed E-state index contributed by atoms with van der Waals surface area (Å²) < 4.78 is 0. The van der Waals surface area contributed by atoms with Crippen LogP contribution in [0.3, 0.4) is 0 Å². The topological polar surface area (TPSA) is 16.1 Å². The molecule has 0 fully saturated rings. The van der Waals surface area contributed by atoms with Gasteiger partial charge in [0, 0.05) is 24.0 Å². The Hall–Kier alpha value is -0.410. The van der Waals surface area contributed by atoms with E-state index in [1.54, 1.807) is 0 Å². The van der Waals surface area contributed by atoms with Crippen LogP contribution in [0.15, 0.2) is 0 Å². The van der Waals surface area contributed by atoms with Crippen LogP contribution in [0.4, 0.5) is 0 Å². The molecule has 0 N–H and O–H groups in total. The molecular formula is C10H16N2S. The van der Waals surface area contributed by atoms with Crippen LogP contribution in [0.2, 0.25) is 0 Å². The van der Waals surface area contributed by atoms with Gasteiger partial charge in [-0.1, -0.05) is 0 Å². The summed E-state index contributed by atoms with van der Waals surface area (Å²) in [4.78, 5) is 8.56. The van der Waals surface area contributed by atoms with Crippen LogP contribution in [0.25, 0.3) is 0 Å². The summed E-state index contributed by atoms with van der Waals surface area (Å²) >= 11 is 1.87. The van der Waals surface area contributed by atoms with Gasteiger partial charge < -0.3 is 0 Å². The average Bonchev–Trinajstić information content (AvgIpc) is 2.42. The molecule has 1 aliphatic heterocycles. The third-order valence-electron chi connectivity index (χ3n) is 2.59. The molecule has 2 nitrogen and oxygen atoms in total. The third kappa shape index (κ3) is 1.76. The van der Waals surface area contributed by atoms with Gasteiger partial charge >= 0.3 is 0 Å². The van der Waals surface area contributed by atoms with Crippen molar-refractivity contribution in [3.05, 3.63) is 15.6 Å². The highest BCUT2D eigenvalue weighted by molar-refractivity contribution is 7.11. The van der Waals surface area contributed by atoms with Gasteiger partial charge in [0.15, 0.2) is 0 Å². The number of rotatable bonds is 1. The third-order valence-corrected chi connectivity index (χ3v) is 3.67. The van der Waals surface area contributed by atoms with Crippen LogP contribution in [0, 0.1) is 6.92 Å². The summed E-state index contributed by atoms with van der Waals surface area (Å²) in [5.74, 6) is 0. The lowest BCUT2D eigenvalue weighted by Gasteiger charge is -2.29. The van der Waals surface area contributed by atoms with E-state index in [2.05, 4.69) is 30.7 Å². The first-order valence-electron chi connectivity index (χ1n) is 4.86. The van der Waals surface area contributed by atoms with Gasteiger partial charge in [-0.3, -0.25) is 4.90 Å². The molecule has 0 unspecified atom stereocenters. The van der Waals surface area contributed by atoms with Crippen molar-refractivity contribution < 1.29 is 0 Å². The van der Waals surface area contributed by atoms with Gasteiger partial charge in [-0.05, 0) is 27.2 Å². The largest absolute Gasteiger partial charge is 0.295 e. The lowest BCUT2D eigenvalue weighted by atomic mass is 10.1.